The Morgan fingerprint density at radius 1 is 0.622 bits per heavy atom. The topological polar surface area (TPSA) is 0 Å². The summed E-state index contributed by atoms with van der Waals surface area (Å²) in [5.74, 6) is 0. The van der Waals surface area contributed by atoms with Crippen LogP contribution in [0.4, 0.5) is 0 Å². The summed E-state index contributed by atoms with van der Waals surface area (Å²) in [5.41, 5.74) is 9.26. The zero-order chi connectivity index (χ0) is 24.7. The van der Waals surface area contributed by atoms with Crippen LogP contribution in [0.3, 0.4) is 0 Å². The van der Waals surface area contributed by atoms with E-state index in [1.165, 1.54) is 32.7 Å². The quantitative estimate of drug-likeness (QED) is 0.303. The van der Waals surface area contributed by atoms with Gasteiger partial charge in [-0.3, -0.25) is 0 Å². The SMILES string of the molecule is CC1=Cc2c(ccc3ccccc23)[CH]1[Zr+2][CH]1C(C)=Cc2c1ccc1ccccc21.C[SiH2][Si](C)(C)C.[Cl-].[Cl-]. The summed E-state index contributed by atoms with van der Waals surface area (Å²) < 4.78 is 1.34. The van der Waals surface area contributed by atoms with Crippen molar-refractivity contribution in [1.29, 1.82) is 0 Å². The Morgan fingerprint density at radius 3 is 1.38 bits per heavy atom. The van der Waals surface area contributed by atoms with Crippen molar-refractivity contribution < 1.29 is 48.0 Å². The summed E-state index contributed by atoms with van der Waals surface area (Å²) in [7, 11) is -0.101. The molecule has 0 radical (unpaired) electrons. The van der Waals surface area contributed by atoms with Gasteiger partial charge < -0.3 is 24.8 Å². The summed E-state index contributed by atoms with van der Waals surface area (Å²) in [6, 6.07) is 27.1. The van der Waals surface area contributed by atoms with Crippen LogP contribution < -0.4 is 24.8 Å². The fourth-order valence-corrected chi connectivity index (χ4v) is 9.81. The van der Waals surface area contributed by atoms with Crippen molar-refractivity contribution in [2.75, 3.05) is 0 Å². The van der Waals surface area contributed by atoms with Gasteiger partial charge >= 0.3 is 184 Å². The maximum absolute atomic E-state index is 2.47. The van der Waals surface area contributed by atoms with Gasteiger partial charge in [-0.05, 0) is 0 Å². The molecule has 0 bridgehead atoms. The molecule has 0 spiro atoms. The van der Waals surface area contributed by atoms with Crippen molar-refractivity contribution in [3.63, 3.8) is 0 Å². The zero-order valence-electron chi connectivity index (χ0n) is 22.7. The third-order valence-corrected chi connectivity index (χ3v) is 21.6. The molecule has 5 heteroatoms. The summed E-state index contributed by atoms with van der Waals surface area (Å²) in [4.78, 5) is 0. The number of benzene rings is 4. The van der Waals surface area contributed by atoms with E-state index in [2.05, 4.69) is 125 Å². The molecule has 0 fully saturated rings. The van der Waals surface area contributed by atoms with E-state index in [4.69, 9.17) is 0 Å². The van der Waals surface area contributed by atoms with Gasteiger partial charge in [-0.2, -0.15) is 0 Å². The molecule has 0 amide bonds. The van der Waals surface area contributed by atoms with E-state index < -0.39 is 30.8 Å². The number of allylic oxidation sites excluding steroid dienone is 2. The first-order valence-corrected chi connectivity index (χ1v) is 23.0. The molecule has 2 unspecified atom stereocenters. The second-order valence-electron chi connectivity index (χ2n) is 11.3. The molecule has 0 nitrogen and oxygen atoms in total. The predicted molar refractivity (Wildman–Crippen MR) is 158 cm³/mol. The first-order valence-electron chi connectivity index (χ1n) is 12.9. The normalized spacial score (nSPS) is 17.7. The molecule has 0 aromatic heterocycles. The van der Waals surface area contributed by atoms with Crippen LogP contribution in [0.1, 0.15) is 43.4 Å². The van der Waals surface area contributed by atoms with Crippen molar-refractivity contribution >= 4 is 50.3 Å². The Kier molecular flexibility index (Phi) is 10.1. The standard InChI is InChI=1S/2C14H11.C4H14Si2.2ClH.Zr/c2*1-10-8-12-7-6-11-4-2-3-5-13(11)14(12)9-10;1-5-6(2,3)4;;;/h2*2-9H,1H3;5H2,1-4H3;2*1H;/q;;;;;+2/p-2. The van der Waals surface area contributed by atoms with Crippen LogP contribution in [0, 0.1) is 0 Å². The Labute approximate surface area is 250 Å². The van der Waals surface area contributed by atoms with Gasteiger partial charge in [0, 0.05) is 16.6 Å². The Hall–Kier alpha value is -1.22. The van der Waals surface area contributed by atoms with Gasteiger partial charge in [0.05, 0.1) is 0 Å². The largest absolute Gasteiger partial charge is 1.00 e. The number of hydrogen-bond donors (Lipinski definition) is 0. The summed E-state index contributed by atoms with van der Waals surface area (Å²) in [6.07, 6.45) is 4.94. The van der Waals surface area contributed by atoms with Crippen molar-refractivity contribution in [2.24, 2.45) is 0 Å². The fourth-order valence-electron chi connectivity index (χ4n) is 5.17. The number of rotatable bonds is 3. The van der Waals surface area contributed by atoms with E-state index in [0.717, 1.165) is 0 Å². The van der Waals surface area contributed by atoms with Crippen LogP contribution in [0.15, 0.2) is 83.9 Å². The molecule has 37 heavy (non-hydrogen) atoms. The van der Waals surface area contributed by atoms with Crippen molar-refractivity contribution in [1.82, 2.24) is 0 Å². The van der Waals surface area contributed by atoms with Crippen LogP contribution in [0.25, 0.3) is 33.7 Å². The van der Waals surface area contributed by atoms with E-state index in [9.17, 15) is 0 Å². The molecule has 0 saturated heterocycles. The van der Waals surface area contributed by atoms with E-state index >= 15 is 0 Å². The van der Waals surface area contributed by atoms with Crippen molar-refractivity contribution in [3.8, 4) is 0 Å². The fraction of sp³-hybridized carbons (Fsp3) is 0.250. The van der Waals surface area contributed by atoms with Crippen LogP contribution in [-0.4, -0.2) is 16.6 Å². The molecule has 0 N–H and O–H groups in total. The molecular weight excluding hydrogens is 603 g/mol. The van der Waals surface area contributed by atoms with E-state index in [1.807, 2.05) is 0 Å². The Bertz CT molecular complexity index is 1380. The molecule has 2 aliphatic carbocycles. The molecule has 0 saturated carbocycles. The molecule has 0 aliphatic heterocycles. The molecule has 190 valence electrons. The summed E-state index contributed by atoms with van der Waals surface area (Å²) in [6.45, 7) is 14.5. The van der Waals surface area contributed by atoms with Gasteiger partial charge in [-0.25, -0.2) is 0 Å². The Balaban J connectivity index is 0.000000430. The minimum absolute atomic E-state index is 0. The second kappa shape index (κ2) is 12.3. The molecule has 4 aromatic carbocycles. The number of fused-ring (bicyclic) bond motifs is 6. The molecule has 6 rings (SSSR count). The molecule has 2 atom stereocenters. The molecule has 0 heterocycles. The third kappa shape index (κ3) is 6.18. The third-order valence-electron chi connectivity index (χ3n) is 7.68. The minimum Gasteiger partial charge on any atom is -1.00 e. The van der Waals surface area contributed by atoms with Gasteiger partial charge in [0.2, 0.25) is 0 Å². The van der Waals surface area contributed by atoms with Crippen molar-refractivity contribution in [2.45, 2.75) is 47.3 Å². The van der Waals surface area contributed by atoms with E-state index in [1.54, 1.807) is 22.3 Å². The molecule has 2 aliphatic rings. The van der Waals surface area contributed by atoms with Crippen LogP contribution in [0.5, 0.6) is 0 Å². The number of halogens is 2. The van der Waals surface area contributed by atoms with Gasteiger partial charge in [0.15, 0.2) is 0 Å². The van der Waals surface area contributed by atoms with E-state index in [0.29, 0.717) is 16.3 Å². The molecule has 4 aromatic rings. The average Bonchev–Trinajstić information content (AvgIpc) is 3.35. The maximum atomic E-state index is 2.47. The van der Waals surface area contributed by atoms with Gasteiger partial charge in [0.25, 0.3) is 0 Å². The summed E-state index contributed by atoms with van der Waals surface area (Å²) >= 11 is -0.769. The first-order chi connectivity index (χ1) is 16.8. The van der Waals surface area contributed by atoms with Crippen LogP contribution in [0.2, 0.25) is 26.2 Å². The van der Waals surface area contributed by atoms with Crippen molar-refractivity contribution in [3.05, 3.63) is 106 Å². The van der Waals surface area contributed by atoms with Crippen LogP contribution in [-0.2, 0) is 23.2 Å². The second-order valence-corrected chi connectivity index (χ2v) is 29.3. The Morgan fingerprint density at radius 2 is 1.00 bits per heavy atom. The minimum atomic E-state index is -0.769. The smallest absolute Gasteiger partial charge is 0.0307 e. The summed E-state index contributed by atoms with van der Waals surface area (Å²) in [5, 5.41) is 5.54. The van der Waals surface area contributed by atoms with Crippen LogP contribution >= 0.6 is 0 Å². The zero-order valence-corrected chi connectivity index (χ0v) is 29.1. The van der Waals surface area contributed by atoms with E-state index in [-0.39, 0.29) is 24.8 Å². The van der Waals surface area contributed by atoms with Gasteiger partial charge in [-0.1, -0.05) is 26.2 Å². The molecular formula is C32H36Cl2Si2Zr. The average molecular weight is 639 g/mol. The number of hydrogen-bond acceptors (Lipinski definition) is 0. The first kappa shape index (κ1) is 30.3. The monoisotopic (exact) mass is 636 g/mol. The van der Waals surface area contributed by atoms with Gasteiger partial charge in [-0.15, -0.1) is 0 Å². The predicted octanol–water partition coefficient (Wildman–Crippen LogP) is 2.74. The maximum Gasteiger partial charge on any atom is 0.0307 e. The van der Waals surface area contributed by atoms with Gasteiger partial charge in [0.1, 0.15) is 0 Å².